The van der Waals surface area contributed by atoms with E-state index < -0.39 is 0 Å². The van der Waals surface area contributed by atoms with Gasteiger partial charge in [0.15, 0.2) is 0 Å². The third-order valence-corrected chi connectivity index (χ3v) is 1.84. The van der Waals surface area contributed by atoms with Crippen LogP contribution in [-0.2, 0) is 0 Å². The van der Waals surface area contributed by atoms with E-state index in [1.165, 1.54) is 19.3 Å². The SMILES string of the molecule is CCCC1NC1CC. The van der Waals surface area contributed by atoms with Crippen LogP contribution in [0.3, 0.4) is 0 Å². The largest absolute Gasteiger partial charge is 0.308 e. The van der Waals surface area contributed by atoms with Crippen LogP contribution in [0.25, 0.3) is 0 Å². The first kappa shape index (κ1) is 6.09. The Bertz CT molecular complexity index is 70.8. The van der Waals surface area contributed by atoms with Gasteiger partial charge in [0.25, 0.3) is 0 Å². The fourth-order valence-electron chi connectivity index (χ4n) is 1.22. The van der Waals surface area contributed by atoms with E-state index >= 15 is 0 Å². The predicted octanol–water partition coefficient (Wildman–Crippen LogP) is 1.54. The Hall–Kier alpha value is -0.0400. The number of rotatable bonds is 3. The van der Waals surface area contributed by atoms with Crippen LogP contribution in [0.15, 0.2) is 0 Å². The van der Waals surface area contributed by atoms with Crippen molar-refractivity contribution in [3.8, 4) is 0 Å². The van der Waals surface area contributed by atoms with E-state index in [1.807, 2.05) is 0 Å². The molecule has 48 valence electrons. The zero-order chi connectivity index (χ0) is 5.98. The second-order valence-corrected chi connectivity index (χ2v) is 2.58. The van der Waals surface area contributed by atoms with Gasteiger partial charge >= 0.3 is 0 Å². The van der Waals surface area contributed by atoms with Gasteiger partial charge in [-0.1, -0.05) is 20.3 Å². The Morgan fingerprint density at radius 1 is 1.25 bits per heavy atom. The van der Waals surface area contributed by atoms with Gasteiger partial charge in [0, 0.05) is 12.1 Å². The monoisotopic (exact) mass is 113 g/mol. The van der Waals surface area contributed by atoms with E-state index in [0.29, 0.717) is 0 Å². The third-order valence-electron chi connectivity index (χ3n) is 1.84. The maximum atomic E-state index is 3.42. The number of nitrogens with one attached hydrogen (secondary N) is 1. The smallest absolute Gasteiger partial charge is 0.0224 e. The van der Waals surface area contributed by atoms with Gasteiger partial charge in [0.1, 0.15) is 0 Å². The Kier molecular flexibility index (Phi) is 1.90. The van der Waals surface area contributed by atoms with Gasteiger partial charge in [-0.25, -0.2) is 0 Å². The molecule has 0 saturated carbocycles. The zero-order valence-corrected chi connectivity index (χ0v) is 5.78. The first-order chi connectivity index (χ1) is 3.88. The van der Waals surface area contributed by atoms with Gasteiger partial charge in [-0.15, -0.1) is 0 Å². The number of hydrogen-bond acceptors (Lipinski definition) is 1. The lowest BCUT2D eigenvalue weighted by atomic mass is 10.2. The Morgan fingerprint density at radius 3 is 2.38 bits per heavy atom. The zero-order valence-electron chi connectivity index (χ0n) is 5.78. The molecule has 0 spiro atoms. The molecule has 2 atom stereocenters. The van der Waals surface area contributed by atoms with Crippen molar-refractivity contribution in [2.45, 2.75) is 45.2 Å². The topological polar surface area (TPSA) is 21.9 Å². The average Bonchev–Trinajstić information content (AvgIpc) is 2.48. The molecule has 1 N–H and O–H groups in total. The Labute approximate surface area is 51.5 Å². The van der Waals surface area contributed by atoms with Gasteiger partial charge < -0.3 is 5.32 Å². The highest BCUT2D eigenvalue weighted by Gasteiger charge is 2.32. The minimum absolute atomic E-state index is 0.870. The van der Waals surface area contributed by atoms with Crippen molar-refractivity contribution in [3.05, 3.63) is 0 Å². The second-order valence-electron chi connectivity index (χ2n) is 2.58. The highest BCUT2D eigenvalue weighted by molar-refractivity contribution is 4.95. The first-order valence-electron chi connectivity index (χ1n) is 3.64. The first-order valence-corrected chi connectivity index (χ1v) is 3.64. The summed E-state index contributed by atoms with van der Waals surface area (Å²) < 4.78 is 0. The van der Waals surface area contributed by atoms with E-state index in [2.05, 4.69) is 19.2 Å². The molecule has 1 aliphatic rings. The van der Waals surface area contributed by atoms with Gasteiger partial charge in [0.05, 0.1) is 0 Å². The molecule has 2 unspecified atom stereocenters. The third kappa shape index (κ3) is 1.22. The molecule has 0 aromatic carbocycles. The Morgan fingerprint density at radius 2 is 2.00 bits per heavy atom. The van der Waals surface area contributed by atoms with Crippen LogP contribution in [0, 0.1) is 0 Å². The van der Waals surface area contributed by atoms with Crippen LogP contribution in [-0.4, -0.2) is 12.1 Å². The average molecular weight is 113 g/mol. The molecule has 0 aliphatic carbocycles. The van der Waals surface area contributed by atoms with E-state index in [4.69, 9.17) is 0 Å². The summed E-state index contributed by atoms with van der Waals surface area (Å²) in [4.78, 5) is 0. The fraction of sp³-hybridized carbons (Fsp3) is 1.00. The van der Waals surface area contributed by atoms with Crippen molar-refractivity contribution < 1.29 is 0 Å². The van der Waals surface area contributed by atoms with Crippen LogP contribution in [0.4, 0.5) is 0 Å². The quantitative estimate of drug-likeness (QED) is 0.551. The van der Waals surface area contributed by atoms with Gasteiger partial charge in [0.2, 0.25) is 0 Å². The van der Waals surface area contributed by atoms with Crippen LogP contribution in [0.1, 0.15) is 33.1 Å². The molecule has 1 heteroatoms. The maximum absolute atomic E-state index is 3.42. The molecule has 1 aliphatic heterocycles. The van der Waals surface area contributed by atoms with Crippen molar-refractivity contribution in [3.63, 3.8) is 0 Å². The molecular weight excluding hydrogens is 98.1 g/mol. The summed E-state index contributed by atoms with van der Waals surface area (Å²) in [5.74, 6) is 0. The van der Waals surface area contributed by atoms with Crippen molar-refractivity contribution in [2.75, 3.05) is 0 Å². The summed E-state index contributed by atoms with van der Waals surface area (Å²) >= 11 is 0. The van der Waals surface area contributed by atoms with Crippen LogP contribution < -0.4 is 5.32 Å². The van der Waals surface area contributed by atoms with E-state index in [9.17, 15) is 0 Å². The molecule has 0 bridgehead atoms. The minimum Gasteiger partial charge on any atom is -0.308 e. The van der Waals surface area contributed by atoms with Crippen LogP contribution >= 0.6 is 0 Å². The van der Waals surface area contributed by atoms with Crippen LogP contribution in [0.2, 0.25) is 0 Å². The van der Waals surface area contributed by atoms with Gasteiger partial charge in [-0.2, -0.15) is 0 Å². The summed E-state index contributed by atoms with van der Waals surface area (Å²) in [6.45, 7) is 4.49. The van der Waals surface area contributed by atoms with E-state index in [1.54, 1.807) is 0 Å². The molecule has 0 aromatic heterocycles. The molecule has 1 nitrogen and oxygen atoms in total. The molecule has 1 rings (SSSR count). The van der Waals surface area contributed by atoms with Gasteiger partial charge in [-0.05, 0) is 12.8 Å². The fourth-order valence-corrected chi connectivity index (χ4v) is 1.22. The highest BCUT2D eigenvalue weighted by atomic mass is 15.1. The van der Waals surface area contributed by atoms with Crippen molar-refractivity contribution in [1.82, 2.24) is 5.32 Å². The molecule has 8 heavy (non-hydrogen) atoms. The predicted molar refractivity (Wildman–Crippen MR) is 35.9 cm³/mol. The van der Waals surface area contributed by atoms with Crippen molar-refractivity contribution >= 4 is 0 Å². The molecule has 1 heterocycles. The normalized spacial score (nSPS) is 35.2. The molecule has 1 fully saturated rings. The molecule has 0 aromatic rings. The Balaban J connectivity index is 1.99. The summed E-state index contributed by atoms with van der Waals surface area (Å²) in [5.41, 5.74) is 0. The van der Waals surface area contributed by atoms with E-state index in [0.717, 1.165) is 12.1 Å². The maximum Gasteiger partial charge on any atom is 0.0224 e. The van der Waals surface area contributed by atoms with E-state index in [-0.39, 0.29) is 0 Å². The van der Waals surface area contributed by atoms with Crippen LogP contribution in [0.5, 0.6) is 0 Å². The van der Waals surface area contributed by atoms with Crippen molar-refractivity contribution in [1.29, 1.82) is 0 Å². The summed E-state index contributed by atoms with van der Waals surface area (Å²) in [6.07, 6.45) is 4.01. The van der Waals surface area contributed by atoms with Crippen molar-refractivity contribution in [2.24, 2.45) is 0 Å². The lowest BCUT2D eigenvalue weighted by molar-refractivity contribution is 0.744. The minimum atomic E-state index is 0.870. The summed E-state index contributed by atoms with van der Waals surface area (Å²) in [6, 6.07) is 1.75. The second kappa shape index (κ2) is 2.49. The standard InChI is InChI=1S/C7H15N/c1-3-5-7-6(4-2)8-7/h6-8H,3-5H2,1-2H3. The lowest BCUT2D eigenvalue weighted by Gasteiger charge is -1.87. The number of hydrogen-bond donors (Lipinski definition) is 1. The molecular formula is C7H15N. The molecule has 0 amide bonds. The summed E-state index contributed by atoms with van der Waals surface area (Å²) in [7, 11) is 0. The molecule has 0 radical (unpaired) electrons. The summed E-state index contributed by atoms with van der Waals surface area (Å²) in [5, 5.41) is 3.42. The van der Waals surface area contributed by atoms with Gasteiger partial charge in [-0.3, -0.25) is 0 Å². The molecule has 1 saturated heterocycles. The highest BCUT2D eigenvalue weighted by Crippen LogP contribution is 2.18. The lowest BCUT2D eigenvalue weighted by Crippen LogP contribution is -1.89.